The van der Waals surface area contributed by atoms with E-state index in [0.717, 1.165) is 38.4 Å². The van der Waals surface area contributed by atoms with Crippen molar-refractivity contribution in [1.82, 2.24) is 5.32 Å². The molecule has 1 amide bonds. The second kappa shape index (κ2) is 8.05. The molecule has 1 heterocycles. The van der Waals surface area contributed by atoms with Crippen LogP contribution in [0.5, 0.6) is 0 Å². The number of amides is 1. The van der Waals surface area contributed by atoms with Crippen LogP contribution in [0.25, 0.3) is 0 Å². The van der Waals surface area contributed by atoms with Gasteiger partial charge >= 0.3 is 0 Å². The molecule has 0 aromatic rings. The highest BCUT2D eigenvalue weighted by Crippen LogP contribution is 2.04. The van der Waals surface area contributed by atoms with Crippen LogP contribution in [0.4, 0.5) is 0 Å². The molecule has 1 aliphatic heterocycles. The lowest BCUT2D eigenvalue weighted by Gasteiger charge is -2.20. The molecule has 3 nitrogen and oxygen atoms in total. The summed E-state index contributed by atoms with van der Waals surface area (Å²) in [4.78, 5) is 9.92. The molecule has 0 aromatic carbocycles. The van der Waals surface area contributed by atoms with Gasteiger partial charge < -0.3 is 10.1 Å². The van der Waals surface area contributed by atoms with E-state index in [1.807, 2.05) is 0 Å². The Morgan fingerprint density at radius 3 is 2.15 bits per heavy atom. The van der Waals surface area contributed by atoms with E-state index >= 15 is 0 Å². The van der Waals surface area contributed by atoms with Crippen molar-refractivity contribution in [3.63, 3.8) is 0 Å². The van der Waals surface area contributed by atoms with Crippen LogP contribution in [0.3, 0.4) is 0 Å². The van der Waals surface area contributed by atoms with E-state index in [1.54, 1.807) is 0 Å². The van der Waals surface area contributed by atoms with Crippen molar-refractivity contribution in [3.8, 4) is 0 Å². The van der Waals surface area contributed by atoms with Crippen LogP contribution in [0.15, 0.2) is 0 Å². The number of hydrogen-bond acceptors (Lipinski definition) is 2. The lowest BCUT2D eigenvalue weighted by Crippen LogP contribution is -2.33. The Bertz CT molecular complexity index is 117. The third-order valence-electron chi connectivity index (χ3n) is 1.53. The van der Waals surface area contributed by atoms with Crippen molar-refractivity contribution >= 4 is 6.41 Å². The Labute approximate surface area is 80.8 Å². The van der Waals surface area contributed by atoms with Gasteiger partial charge in [-0.1, -0.05) is 20.8 Å². The van der Waals surface area contributed by atoms with Crippen LogP contribution in [0.1, 0.15) is 33.6 Å². The van der Waals surface area contributed by atoms with E-state index in [2.05, 4.69) is 26.1 Å². The zero-order valence-electron chi connectivity index (χ0n) is 8.88. The molecule has 0 bridgehead atoms. The molecule has 0 aromatic heterocycles. The maximum absolute atomic E-state index is 9.92. The number of nitrogens with one attached hydrogen (secondary N) is 1. The Balaban J connectivity index is 0.000000310. The number of carbonyl (C=O) groups is 1. The lowest BCUT2D eigenvalue weighted by molar-refractivity contribution is -0.110. The Morgan fingerprint density at radius 2 is 1.77 bits per heavy atom. The van der Waals surface area contributed by atoms with E-state index in [9.17, 15) is 4.79 Å². The highest BCUT2D eigenvalue weighted by atomic mass is 16.5. The average Bonchev–Trinajstić information content (AvgIpc) is 2.06. The van der Waals surface area contributed by atoms with Crippen LogP contribution in [-0.2, 0) is 9.53 Å². The lowest BCUT2D eigenvalue weighted by atomic mass is 10.1. The van der Waals surface area contributed by atoms with Gasteiger partial charge in [-0.15, -0.1) is 0 Å². The zero-order chi connectivity index (χ0) is 10.1. The first-order chi connectivity index (χ1) is 6.16. The fraction of sp³-hybridized carbons (Fsp3) is 0.900. The molecule has 0 spiro atoms. The van der Waals surface area contributed by atoms with Gasteiger partial charge in [-0.05, 0) is 18.8 Å². The van der Waals surface area contributed by atoms with Crippen molar-refractivity contribution in [2.75, 3.05) is 13.2 Å². The smallest absolute Gasteiger partial charge is 0.207 e. The standard InChI is InChI=1S/C6H11NO2.C4H10/c8-5-7-6-1-3-9-4-2-6;1-4(2)3/h5-6H,1-4H2,(H,7,8);4H,1-3H3. The van der Waals surface area contributed by atoms with Gasteiger partial charge in [0.05, 0.1) is 0 Å². The maximum Gasteiger partial charge on any atom is 0.207 e. The van der Waals surface area contributed by atoms with Crippen molar-refractivity contribution in [2.45, 2.75) is 39.7 Å². The quantitative estimate of drug-likeness (QED) is 0.666. The number of hydrogen-bond donors (Lipinski definition) is 1. The van der Waals surface area contributed by atoms with Crippen molar-refractivity contribution in [3.05, 3.63) is 0 Å². The molecule has 0 unspecified atom stereocenters. The number of ether oxygens (including phenoxy) is 1. The van der Waals surface area contributed by atoms with Gasteiger partial charge in [-0.3, -0.25) is 4.79 Å². The van der Waals surface area contributed by atoms with Crippen LogP contribution in [-0.4, -0.2) is 25.7 Å². The molecular formula is C10H21NO2. The summed E-state index contributed by atoms with van der Waals surface area (Å²) in [6.45, 7) is 8.07. The molecule has 1 fully saturated rings. The van der Waals surface area contributed by atoms with Crippen LogP contribution in [0, 0.1) is 5.92 Å². The van der Waals surface area contributed by atoms with Crippen molar-refractivity contribution in [2.24, 2.45) is 5.92 Å². The Morgan fingerprint density at radius 1 is 1.31 bits per heavy atom. The Hall–Kier alpha value is -0.570. The SMILES string of the molecule is CC(C)C.O=CNC1CCOCC1. The zero-order valence-corrected chi connectivity index (χ0v) is 8.88. The van der Waals surface area contributed by atoms with Crippen LogP contribution in [0.2, 0.25) is 0 Å². The minimum atomic E-state index is 0.358. The molecule has 0 atom stereocenters. The minimum Gasteiger partial charge on any atom is -0.381 e. The Kier molecular flexibility index (Phi) is 7.69. The van der Waals surface area contributed by atoms with Crippen molar-refractivity contribution < 1.29 is 9.53 Å². The van der Waals surface area contributed by atoms with Crippen molar-refractivity contribution in [1.29, 1.82) is 0 Å². The summed E-state index contributed by atoms with van der Waals surface area (Å²) in [5.41, 5.74) is 0. The van der Waals surface area contributed by atoms with Gasteiger partial charge in [0.25, 0.3) is 0 Å². The molecule has 1 saturated heterocycles. The molecule has 78 valence electrons. The highest BCUT2D eigenvalue weighted by molar-refractivity contribution is 5.46. The average molecular weight is 187 g/mol. The monoisotopic (exact) mass is 187 g/mol. The molecule has 1 rings (SSSR count). The summed E-state index contributed by atoms with van der Waals surface area (Å²) in [5, 5.41) is 2.72. The van der Waals surface area contributed by atoms with E-state index in [-0.39, 0.29) is 0 Å². The van der Waals surface area contributed by atoms with Gasteiger partial charge in [0.2, 0.25) is 6.41 Å². The van der Waals surface area contributed by atoms with E-state index in [1.165, 1.54) is 0 Å². The minimum absolute atomic E-state index is 0.358. The number of rotatable bonds is 2. The first kappa shape index (κ1) is 12.4. The number of carbonyl (C=O) groups excluding carboxylic acids is 1. The molecule has 0 aliphatic carbocycles. The van der Waals surface area contributed by atoms with E-state index < -0.39 is 0 Å². The van der Waals surface area contributed by atoms with E-state index in [4.69, 9.17) is 4.74 Å². The highest BCUT2D eigenvalue weighted by Gasteiger charge is 2.10. The molecule has 13 heavy (non-hydrogen) atoms. The molecule has 1 aliphatic rings. The summed E-state index contributed by atoms with van der Waals surface area (Å²) in [6.07, 6.45) is 2.67. The van der Waals surface area contributed by atoms with Gasteiger partial charge in [-0.2, -0.15) is 0 Å². The third kappa shape index (κ3) is 9.34. The van der Waals surface area contributed by atoms with Crippen LogP contribution >= 0.6 is 0 Å². The fourth-order valence-electron chi connectivity index (χ4n) is 0.960. The summed E-state index contributed by atoms with van der Waals surface area (Å²) >= 11 is 0. The summed E-state index contributed by atoms with van der Waals surface area (Å²) in [5.74, 6) is 0.833. The molecular weight excluding hydrogens is 166 g/mol. The normalized spacial score (nSPS) is 17.5. The first-order valence-corrected chi connectivity index (χ1v) is 4.94. The van der Waals surface area contributed by atoms with Gasteiger partial charge in [0, 0.05) is 19.3 Å². The molecule has 3 heteroatoms. The molecule has 0 saturated carbocycles. The van der Waals surface area contributed by atoms with Gasteiger partial charge in [-0.25, -0.2) is 0 Å². The second-order valence-electron chi connectivity index (χ2n) is 3.90. The van der Waals surface area contributed by atoms with Crippen LogP contribution < -0.4 is 5.32 Å². The van der Waals surface area contributed by atoms with Gasteiger partial charge in [0.1, 0.15) is 0 Å². The predicted molar refractivity (Wildman–Crippen MR) is 53.6 cm³/mol. The third-order valence-corrected chi connectivity index (χ3v) is 1.53. The fourth-order valence-corrected chi connectivity index (χ4v) is 0.960. The summed E-state index contributed by atoms with van der Waals surface area (Å²) < 4.78 is 5.09. The topological polar surface area (TPSA) is 38.3 Å². The molecule has 0 radical (unpaired) electrons. The molecule has 1 N–H and O–H groups in total. The van der Waals surface area contributed by atoms with Gasteiger partial charge in [0.15, 0.2) is 0 Å². The largest absolute Gasteiger partial charge is 0.381 e. The van der Waals surface area contributed by atoms with E-state index in [0.29, 0.717) is 6.04 Å². The first-order valence-electron chi connectivity index (χ1n) is 4.94. The summed E-state index contributed by atoms with van der Waals surface area (Å²) in [6, 6.07) is 0.358. The summed E-state index contributed by atoms with van der Waals surface area (Å²) in [7, 11) is 0. The predicted octanol–water partition coefficient (Wildman–Crippen LogP) is 1.57. The maximum atomic E-state index is 9.92. The second-order valence-corrected chi connectivity index (χ2v) is 3.90.